The van der Waals surface area contributed by atoms with E-state index in [0.29, 0.717) is 16.8 Å². The molecule has 2 aromatic carbocycles. The molecule has 0 radical (unpaired) electrons. The minimum Gasteiger partial charge on any atom is -0.488 e. The Balaban J connectivity index is 2.06. The SMILES string of the molecule is FC(F)c1ccc(OCc2ccccc2)c(Br)c1. The average Bonchev–Trinajstić information content (AvgIpc) is 2.38. The van der Waals surface area contributed by atoms with Gasteiger partial charge in [-0.3, -0.25) is 0 Å². The molecule has 0 saturated heterocycles. The van der Waals surface area contributed by atoms with Crippen molar-refractivity contribution in [3.05, 3.63) is 64.1 Å². The maximum Gasteiger partial charge on any atom is 0.263 e. The summed E-state index contributed by atoms with van der Waals surface area (Å²) in [6.45, 7) is 0.410. The Morgan fingerprint density at radius 3 is 2.39 bits per heavy atom. The summed E-state index contributed by atoms with van der Waals surface area (Å²) >= 11 is 3.23. The maximum absolute atomic E-state index is 12.5. The zero-order valence-corrected chi connectivity index (χ0v) is 11.0. The first kappa shape index (κ1) is 13.0. The van der Waals surface area contributed by atoms with Crippen LogP contribution in [0.25, 0.3) is 0 Å². The topological polar surface area (TPSA) is 9.23 Å². The second-order valence-corrected chi connectivity index (χ2v) is 4.62. The Kier molecular flexibility index (Phi) is 4.31. The van der Waals surface area contributed by atoms with Crippen molar-refractivity contribution in [1.82, 2.24) is 0 Å². The van der Waals surface area contributed by atoms with Crippen LogP contribution in [0.15, 0.2) is 53.0 Å². The van der Waals surface area contributed by atoms with Crippen LogP contribution in [0.2, 0.25) is 0 Å². The predicted octanol–water partition coefficient (Wildman–Crippen LogP) is 4.97. The summed E-state index contributed by atoms with van der Waals surface area (Å²) in [5.74, 6) is 0.559. The predicted molar refractivity (Wildman–Crippen MR) is 69.9 cm³/mol. The van der Waals surface area contributed by atoms with Crippen LogP contribution in [0.3, 0.4) is 0 Å². The second kappa shape index (κ2) is 5.96. The molecule has 0 saturated carbocycles. The van der Waals surface area contributed by atoms with Gasteiger partial charge in [0.25, 0.3) is 6.43 Å². The molecular formula is C14H11BrF2O. The van der Waals surface area contributed by atoms with Gasteiger partial charge in [0.2, 0.25) is 0 Å². The molecule has 1 nitrogen and oxygen atoms in total. The summed E-state index contributed by atoms with van der Waals surface area (Å²) in [4.78, 5) is 0. The highest BCUT2D eigenvalue weighted by Crippen LogP contribution is 2.30. The largest absolute Gasteiger partial charge is 0.488 e. The van der Waals surface area contributed by atoms with E-state index < -0.39 is 6.43 Å². The Bertz CT molecular complexity index is 514. The first-order chi connectivity index (χ1) is 8.66. The van der Waals surface area contributed by atoms with Gasteiger partial charge >= 0.3 is 0 Å². The highest BCUT2D eigenvalue weighted by atomic mass is 79.9. The normalized spacial score (nSPS) is 10.7. The molecule has 94 valence electrons. The summed E-state index contributed by atoms with van der Waals surface area (Å²) in [5.41, 5.74) is 1.01. The summed E-state index contributed by atoms with van der Waals surface area (Å²) in [6, 6.07) is 14.0. The fraction of sp³-hybridized carbons (Fsp3) is 0.143. The molecule has 2 rings (SSSR count). The molecule has 0 aromatic heterocycles. The number of hydrogen-bond acceptors (Lipinski definition) is 1. The lowest BCUT2D eigenvalue weighted by molar-refractivity contribution is 0.151. The van der Waals surface area contributed by atoms with E-state index in [-0.39, 0.29) is 5.56 Å². The number of benzene rings is 2. The van der Waals surface area contributed by atoms with Gasteiger partial charge in [-0.1, -0.05) is 30.3 Å². The van der Waals surface area contributed by atoms with Crippen molar-refractivity contribution >= 4 is 15.9 Å². The maximum atomic E-state index is 12.5. The zero-order valence-electron chi connectivity index (χ0n) is 9.45. The van der Waals surface area contributed by atoms with Crippen LogP contribution in [-0.2, 0) is 6.61 Å². The fourth-order valence-electron chi connectivity index (χ4n) is 1.51. The monoisotopic (exact) mass is 312 g/mol. The van der Waals surface area contributed by atoms with E-state index in [1.165, 1.54) is 12.1 Å². The van der Waals surface area contributed by atoms with Crippen LogP contribution in [-0.4, -0.2) is 0 Å². The summed E-state index contributed by atoms with van der Waals surface area (Å²) < 4.78 is 31.0. The van der Waals surface area contributed by atoms with Crippen LogP contribution in [0.5, 0.6) is 5.75 Å². The van der Waals surface area contributed by atoms with Gasteiger partial charge in [-0.2, -0.15) is 0 Å². The van der Waals surface area contributed by atoms with Gasteiger partial charge in [-0.05, 0) is 39.7 Å². The molecule has 4 heteroatoms. The smallest absolute Gasteiger partial charge is 0.263 e. The van der Waals surface area contributed by atoms with Crippen molar-refractivity contribution in [1.29, 1.82) is 0 Å². The van der Waals surface area contributed by atoms with Gasteiger partial charge in [0, 0.05) is 5.56 Å². The number of alkyl halides is 2. The van der Waals surface area contributed by atoms with Crippen molar-refractivity contribution in [2.45, 2.75) is 13.0 Å². The standard InChI is InChI=1S/C14H11BrF2O/c15-12-8-11(14(16)17)6-7-13(12)18-9-10-4-2-1-3-5-10/h1-8,14H,9H2. The third-order valence-electron chi connectivity index (χ3n) is 2.45. The fourth-order valence-corrected chi connectivity index (χ4v) is 2.02. The van der Waals surface area contributed by atoms with E-state index in [4.69, 9.17) is 4.74 Å². The molecule has 0 spiro atoms. The summed E-state index contributed by atoms with van der Waals surface area (Å²) in [6.07, 6.45) is -2.47. The van der Waals surface area contributed by atoms with Crippen molar-refractivity contribution in [2.24, 2.45) is 0 Å². The van der Waals surface area contributed by atoms with E-state index in [9.17, 15) is 8.78 Å². The summed E-state index contributed by atoms with van der Waals surface area (Å²) in [5, 5.41) is 0. The number of ether oxygens (including phenoxy) is 1. The molecule has 0 bridgehead atoms. The van der Waals surface area contributed by atoms with Crippen LogP contribution in [0, 0.1) is 0 Å². The van der Waals surface area contributed by atoms with Crippen LogP contribution >= 0.6 is 15.9 Å². The summed E-state index contributed by atoms with van der Waals surface area (Å²) in [7, 11) is 0. The quantitative estimate of drug-likeness (QED) is 0.775. The van der Waals surface area contributed by atoms with Crippen molar-refractivity contribution in [3.8, 4) is 5.75 Å². The lowest BCUT2D eigenvalue weighted by Crippen LogP contribution is -1.96. The number of halogens is 3. The Morgan fingerprint density at radius 2 is 1.78 bits per heavy atom. The van der Waals surface area contributed by atoms with Gasteiger partial charge in [-0.15, -0.1) is 0 Å². The van der Waals surface area contributed by atoms with Gasteiger partial charge in [0.15, 0.2) is 0 Å². The van der Waals surface area contributed by atoms with Crippen molar-refractivity contribution < 1.29 is 13.5 Å². The van der Waals surface area contributed by atoms with Crippen LogP contribution in [0.4, 0.5) is 8.78 Å². The van der Waals surface area contributed by atoms with Gasteiger partial charge in [0.05, 0.1) is 4.47 Å². The molecule has 0 fully saturated rings. The third-order valence-corrected chi connectivity index (χ3v) is 3.06. The minimum atomic E-state index is -2.47. The average molecular weight is 313 g/mol. The van der Waals surface area contributed by atoms with Crippen molar-refractivity contribution in [2.75, 3.05) is 0 Å². The minimum absolute atomic E-state index is 0.0195. The molecule has 2 aromatic rings. The molecular weight excluding hydrogens is 302 g/mol. The molecule has 0 unspecified atom stereocenters. The second-order valence-electron chi connectivity index (χ2n) is 3.76. The van der Waals surface area contributed by atoms with Crippen LogP contribution in [0.1, 0.15) is 17.6 Å². The lowest BCUT2D eigenvalue weighted by Gasteiger charge is -2.09. The number of hydrogen-bond donors (Lipinski definition) is 0. The number of rotatable bonds is 4. The molecule has 0 amide bonds. The zero-order chi connectivity index (χ0) is 13.0. The first-order valence-corrected chi connectivity index (χ1v) is 6.20. The van der Waals surface area contributed by atoms with Crippen LogP contribution < -0.4 is 4.74 Å². The van der Waals surface area contributed by atoms with E-state index in [2.05, 4.69) is 15.9 Å². The molecule has 0 atom stereocenters. The Labute approximate surface area is 113 Å². The molecule has 18 heavy (non-hydrogen) atoms. The highest BCUT2D eigenvalue weighted by molar-refractivity contribution is 9.10. The Morgan fingerprint density at radius 1 is 1.06 bits per heavy atom. The highest BCUT2D eigenvalue weighted by Gasteiger charge is 2.10. The van der Waals surface area contributed by atoms with E-state index in [0.717, 1.165) is 5.56 Å². The van der Waals surface area contributed by atoms with E-state index >= 15 is 0 Å². The molecule has 0 aliphatic rings. The van der Waals surface area contributed by atoms with E-state index in [1.807, 2.05) is 30.3 Å². The molecule has 0 N–H and O–H groups in total. The molecule has 0 heterocycles. The third kappa shape index (κ3) is 3.29. The molecule has 0 aliphatic carbocycles. The Hall–Kier alpha value is -1.42. The lowest BCUT2D eigenvalue weighted by atomic mass is 10.2. The molecule has 0 aliphatic heterocycles. The van der Waals surface area contributed by atoms with E-state index in [1.54, 1.807) is 6.07 Å². The van der Waals surface area contributed by atoms with Crippen molar-refractivity contribution in [3.63, 3.8) is 0 Å². The van der Waals surface area contributed by atoms with Gasteiger partial charge < -0.3 is 4.74 Å². The van der Waals surface area contributed by atoms with Gasteiger partial charge in [0.1, 0.15) is 12.4 Å². The first-order valence-electron chi connectivity index (χ1n) is 5.41. The van der Waals surface area contributed by atoms with Gasteiger partial charge in [-0.25, -0.2) is 8.78 Å².